The van der Waals surface area contributed by atoms with Gasteiger partial charge in [0.1, 0.15) is 10.5 Å². The summed E-state index contributed by atoms with van der Waals surface area (Å²) in [6, 6.07) is 6.74. The van der Waals surface area contributed by atoms with E-state index in [-0.39, 0.29) is 16.5 Å². The van der Waals surface area contributed by atoms with Crippen molar-refractivity contribution in [2.75, 3.05) is 36.4 Å². The Morgan fingerprint density at radius 2 is 1.98 bits per heavy atom. The average Bonchev–Trinajstić information content (AvgIpc) is 2.89. The lowest BCUT2D eigenvalue weighted by Crippen LogP contribution is -2.44. The van der Waals surface area contributed by atoms with Gasteiger partial charge in [-0.1, -0.05) is 32.1 Å². The number of halogens is 3. The first-order valence-corrected chi connectivity index (χ1v) is 13.5. The molecule has 2 aliphatic heterocycles. The van der Waals surface area contributed by atoms with Crippen LogP contribution in [0.3, 0.4) is 0 Å². The highest BCUT2D eigenvalue weighted by Gasteiger charge is 2.36. The number of benzene rings is 1. The first kappa shape index (κ1) is 29.6. The molecular weight excluding hydrogens is 543 g/mol. The first-order valence-electron chi connectivity index (χ1n) is 13.1. The van der Waals surface area contributed by atoms with Crippen molar-refractivity contribution in [2.45, 2.75) is 45.0 Å². The van der Waals surface area contributed by atoms with Crippen molar-refractivity contribution >= 4 is 46.7 Å². The van der Waals surface area contributed by atoms with Crippen LogP contribution in [0.2, 0.25) is 0 Å². The van der Waals surface area contributed by atoms with Crippen LogP contribution < -0.4 is 27.0 Å². The molecule has 0 bridgehead atoms. The van der Waals surface area contributed by atoms with E-state index in [2.05, 4.69) is 29.5 Å². The molecule has 8 N–H and O–H groups in total. The third-order valence-electron chi connectivity index (χ3n) is 7.14. The molecule has 9 nitrogen and oxygen atoms in total. The predicted molar refractivity (Wildman–Crippen MR) is 153 cm³/mol. The summed E-state index contributed by atoms with van der Waals surface area (Å²) in [4.78, 5) is 20.5. The third kappa shape index (κ3) is 6.83. The number of pyridine rings is 1. The number of piperidine rings is 1. The molecule has 1 atom stereocenters. The molecule has 0 radical (unpaired) electrons. The van der Waals surface area contributed by atoms with Crippen LogP contribution in [0.5, 0.6) is 0 Å². The fraction of sp³-hybridized carbons (Fsp3) is 0.444. The van der Waals surface area contributed by atoms with Crippen LogP contribution in [0.1, 0.15) is 49.5 Å². The number of nitrogens with one attached hydrogen (secondary N) is 3. The van der Waals surface area contributed by atoms with Crippen LogP contribution in [-0.4, -0.2) is 53.9 Å². The number of aliphatic hydroxyl groups excluding tert-OH is 1. The number of carbonyl (C=O) groups excluding carboxylic acids is 1. The Bertz CT molecular complexity index is 1380. The molecule has 1 aromatic carbocycles. The van der Waals surface area contributed by atoms with E-state index in [1.54, 1.807) is 4.90 Å². The molecule has 13 heteroatoms. The molecule has 1 amide bonds. The monoisotopic (exact) mass is 577 g/mol. The lowest BCUT2D eigenvalue weighted by atomic mass is 10.0. The SMILES string of the molecule is CC(C)C1=Nc2cc(C(O)CNC3CCN(c4cc(C(F)(F)F)c(/C(N)=C/C(N)=O)c(=S)[nH]4)CC3)ccc2NC1. The predicted octanol–water partition coefficient (Wildman–Crippen LogP) is 3.99. The number of nitrogens with zero attached hydrogens (tertiary/aromatic N) is 2. The summed E-state index contributed by atoms with van der Waals surface area (Å²) in [6.07, 6.45) is -3.46. The van der Waals surface area contributed by atoms with E-state index < -0.39 is 35.0 Å². The van der Waals surface area contributed by atoms with Gasteiger partial charge in [0.05, 0.1) is 29.6 Å². The molecule has 1 fully saturated rings. The summed E-state index contributed by atoms with van der Waals surface area (Å²) in [5, 5.41) is 17.6. The number of rotatable bonds is 8. The minimum atomic E-state index is -4.74. The highest BCUT2D eigenvalue weighted by atomic mass is 32.1. The van der Waals surface area contributed by atoms with Crippen LogP contribution >= 0.6 is 12.2 Å². The molecule has 4 rings (SSSR count). The Morgan fingerprint density at radius 3 is 2.60 bits per heavy atom. The number of aliphatic imine (C=N–C) groups is 1. The summed E-state index contributed by atoms with van der Waals surface area (Å²) >= 11 is 5.18. The summed E-state index contributed by atoms with van der Waals surface area (Å²) < 4.78 is 41.4. The number of carbonyl (C=O) groups is 1. The summed E-state index contributed by atoms with van der Waals surface area (Å²) in [6.45, 7) is 6.17. The van der Waals surface area contributed by atoms with E-state index in [9.17, 15) is 23.1 Å². The highest BCUT2D eigenvalue weighted by Crippen LogP contribution is 2.37. The van der Waals surface area contributed by atoms with Crippen molar-refractivity contribution in [3.63, 3.8) is 0 Å². The normalized spacial score (nSPS) is 17.3. The maximum absolute atomic E-state index is 13.9. The van der Waals surface area contributed by atoms with Crippen LogP contribution in [0.15, 0.2) is 35.3 Å². The second kappa shape index (κ2) is 12.0. The van der Waals surface area contributed by atoms with E-state index in [1.165, 1.54) is 0 Å². The summed E-state index contributed by atoms with van der Waals surface area (Å²) in [5.74, 6) is -0.427. The molecule has 0 saturated carbocycles. The molecule has 40 heavy (non-hydrogen) atoms. The summed E-state index contributed by atoms with van der Waals surface area (Å²) in [7, 11) is 0. The molecule has 3 heterocycles. The van der Waals surface area contributed by atoms with Gasteiger partial charge in [0.2, 0.25) is 5.91 Å². The van der Waals surface area contributed by atoms with Gasteiger partial charge in [-0.2, -0.15) is 13.2 Å². The van der Waals surface area contributed by atoms with Crippen molar-refractivity contribution in [1.82, 2.24) is 10.3 Å². The van der Waals surface area contributed by atoms with Crippen LogP contribution in [0, 0.1) is 10.6 Å². The molecule has 216 valence electrons. The number of hydrogen-bond acceptors (Lipinski definition) is 8. The Kier molecular flexibility index (Phi) is 8.86. The van der Waals surface area contributed by atoms with Crippen molar-refractivity contribution in [3.05, 3.63) is 51.7 Å². The number of amides is 1. The number of alkyl halides is 3. The number of primary amides is 1. The molecule has 1 aromatic heterocycles. The Hall–Kier alpha value is -3.42. The summed E-state index contributed by atoms with van der Waals surface area (Å²) in [5.41, 5.74) is 12.4. The Labute approximate surface area is 235 Å². The molecule has 2 aliphatic rings. The number of anilines is 2. The van der Waals surface area contributed by atoms with Gasteiger partial charge in [0.15, 0.2) is 0 Å². The van der Waals surface area contributed by atoms with Crippen molar-refractivity contribution in [1.29, 1.82) is 0 Å². The van der Waals surface area contributed by atoms with Gasteiger partial charge in [0.25, 0.3) is 0 Å². The smallest absolute Gasteiger partial charge is 0.398 e. The van der Waals surface area contributed by atoms with Crippen molar-refractivity contribution in [3.8, 4) is 0 Å². The fourth-order valence-corrected chi connectivity index (χ4v) is 5.22. The van der Waals surface area contributed by atoms with Crippen molar-refractivity contribution < 1.29 is 23.1 Å². The number of aliphatic hydroxyl groups is 1. The lowest BCUT2D eigenvalue weighted by Gasteiger charge is -2.34. The number of aromatic amines is 1. The maximum atomic E-state index is 13.9. The fourth-order valence-electron chi connectivity index (χ4n) is 4.88. The van der Waals surface area contributed by atoms with E-state index in [0.29, 0.717) is 44.9 Å². The second-order valence-electron chi connectivity index (χ2n) is 10.3. The largest absolute Gasteiger partial charge is 0.417 e. The quantitative estimate of drug-likeness (QED) is 0.206. The van der Waals surface area contributed by atoms with E-state index >= 15 is 0 Å². The molecule has 0 spiro atoms. The molecule has 1 saturated heterocycles. The number of aromatic nitrogens is 1. The molecule has 1 unspecified atom stereocenters. The van der Waals surface area contributed by atoms with Crippen molar-refractivity contribution in [2.24, 2.45) is 22.4 Å². The number of H-pyrrole nitrogens is 1. The van der Waals surface area contributed by atoms with E-state index in [1.807, 2.05) is 18.2 Å². The minimum absolute atomic E-state index is 0.0780. The topological polar surface area (TPSA) is 145 Å². The maximum Gasteiger partial charge on any atom is 0.417 e. The number of nitrogens with two attached hydrogens (primary N) is 2. The van der Waals surface area contributed by atoms with E-state index in [0.717, 1.165) is 34.8 Å². The number of hydrogen-bond donors (Lipinski definition) is 6. The van der Waals surface area contributed by atoms with Crippen LogP contribution in [0.4, 0.5) is 30.4 Å². The van der Waals surface area contributed by atoms with E-state index in [4.69, 9.17) is 28.7 Å². The number of fused-ring (bicyclic) bond motifs is 1. The zero-order valence-electron chi connectivity index (χ0n) is 22.3. The van der Waals surface area contributed by atoms with Gasteiger partial charge in [-0.3, -0.25) is 9.79 Å². The average molecular weight is 578 g/mol. The molecule has 2 aromatic rings. The van der Waals surface area contributed by atoms with Gasteiger partial charge in [-0.15, -0.1) is 0 Å². The second-order valence-corrected chi connectivity index (χ2v) is 10.8. The minimum Gasteiger partial charge on any atom is -0.398 e. The zero-order chi connectivity index (χ0) is 29.2. The van der Waals surface area contributed by atoms with Gasteiger partial charge in [-0.25, -0.2) is 0 Å². The van der Waals surface area contributed by atoms with Gasteiger partial charge < -0.3 is 37.1 Å². The zero-order valence-corrected chi connectivity index (χ0v) is 23.1. The van der Waals surface area contributed by atoms with Gasteiger partial charge in [0, 0.05) is 48.7 Å². The Morgan fingerprint density at radius 1 is 1.27 bits per heavy atom. The Balaban J connectivity index is 1.39. The molecular formula is C27H34F3N7O2S. The first-order chi connectivity index (χ1) is 18.8. The van der Waals surface area contributed by atoms with Crippen LogP contribution in [-0.2, 0) is 11.0 Å². The lowest BCUT2D eigenvalue weighted by molar-refractivity contribution is -0.137. The molecule has 0 aliphatic carbocycles. The third-order valence-corrected chi connectivity index (χ3v) is 7.45. The van der Waals surface area contributed by atoms with Crippen LogP contribution in [0.25, 0.3) is 5.70 Å². The van der Waals surface area contributed by atoms with Gasteiger partial charge >= 0.3 is 6.18 Å². The standard InChI is InChI=1S/C27H34F3N7O2S/c1-14(2)21-12-34-19-4-3-15(9-20(19)35-21)22(38)13-33-16-5-7-37(8-6-16)24-10-17(27(28,29)30)25(26(40)36-24)18(31)11-23(32)39/h3-4,9-11,14,16,22,33-34,38H,5-8,12-13,31H2,1-2H3,(H2,32,39)(H,36,40)/b18-11-. The highest BCUT2D eigenvalue weighted by molar-refractivity contribution is 7.71. The van der Waals surface area contributed by atoms with Gasteiger partial charge in [-0.05, 0) is 42.5 Å².